The number of aliphatic hydroxyl groups excluding tert-OH is 2. The number of rotatable bonds is 17. The number of carbonyl (C=O) groups is 1. The second-order valence-corrected chi connectivity index (χ2v) is 6.66. The van der Waals surface area contributed by atoms with E-state index in [1.54, 1.807) is 12.2 Å². The highest BCUT2D eigenvalue weighted by Gasteiger charge is 2.08. The van der Waals surface area contributed by atoms with Crippen LogP contribution < -0.4 is 0 Å². The molecule has 0 rings (SSSR count). The van der Waals surface area contributed by atoms with E-state index in [-0.39, 0.29) is 0 Å². The molecule has 0 heterocycles. The highest BCUT2D eigenvalue weighted by Crippen LogP contribution is 2.08. The van der Waals surface area contributed by atoms with Crippen LogP contribution in [-0.4, -0.2) is 35.5 Å². The molecular weight excluding hydrogens is 364 g/mol. The lowest BCUT2D eigenvalue weighted by atomic mass is 10.1. The predicted molar refractivity (Wildman–Crippen MR) is 122 cm³/mol. The van der Waals surface area contributed by atoms with Crippen LogP contribution >= 0.6 is 0 Å². The standard InChI is InChI=1S/C25H38O4/c1-2-3-4-5-6-7-8-9-10-11-12-13-14-15-16-17-18-19-20-21-25(28)29-24(22-26)23-27/h10-21,24,26-27H,2-9,22-23H2,1H3. The van der Waals surface area contributed by atoms with E-state index in [2.05, 4.69) is 19.1 Å². The summed E-state index contributed by atoms with van der Waals surface area (Å²) in [6.45, 7) is 1.45. The fourth-order valence-electron chi connectivity index (χ4n) is 2.38. The van der Waals surface area contributed by atoms with Crippen molar-refractivity contribution in [3.05, 3.63) is 72.9 Å². The number of carbonyl (C=O) groups excluding carboxylic acids is 1. The van der Waals surface area contributed by atoms with Crippen molar-refractivity contribution >= 4 is 5.97 Å². The molecule has 0 aliphatic carbocycles. The molecular formula is C25H38O4. The lowest BCUT2D eigenvalue weighted by Crippen LogP contribution is -2.24. The van der Waals surface area contributed by atoms with Crippen LogP contribution in [0.2, 0.25) is 0 Å². The average Bonchev–Trinajstić information content (AvgIpc) is 2.73. The Bertz CT molecular complexity index is 549. The summed E-state index contributed by atoms with van der Waals surface area (Å²) in [7, 11) is 0. The first-order valence-corrected chi connectivity index (χ1v) is 10.7. The highest BCUT2D eigenvalue weighted by molar-refractivity contribution is 5.82. The van der Waals surface area contributed by atoms with Gasteiger partial charge >= 0.3 is 5.97 Å². The number of ether oxygens (including phenoxy) is 1. The van der Waals surface area contributed by atoms with E-state index in [1.807, 2.05) is 36.5 Å². The topological polar surface area (TPSA) is 66.8 Å². The molecule has 0 saturated carbocycles. The molecule has 0 saturated heterocycles. The molecule has 0 radical (unpaired) electrons. The Kier molecular flexibility index (Phi) is 20.5. The molecule has 0 fully saturated rings. The largest absolute Gasteiger partial charge is 0.454 e. The van der Waals surface area contributed by atoms with Gasteiger partial charge in [-0.15, -0.1) is 0 Å². The maximum absolute atomic E-state index is 11.3. The Morgan fingerprint density at radius 1 is 0.724 bits per heavy atom. The minimum absolute atomic E-state index is 0.398. The van der Waals surface area contributed by atoms with Crippen molar-refractivity contribution in [1.29, 1.82) is 0 Å². The highest BCUT2D eigenvalue weighted by atomic mass is 16.6. The molecule has 4 heteroatoms. The molecule has 0 unspecified atom stereocenters. The molecule has 29 heavy (non-hydrogen) atoms. The Morgan fingerprint density at radius 3 is 1.76 bits per heavy atom. The van der Waals surface area contributed by atoms with Crippen LogP contribution in [0, 0.1) is 0 Å². The van der Waals surface area contributed by atoms with Crippen molar-refractivity contribution in [2.75, 3.05) is 13.2 Å². The van der Waals surface area contributed by atoms with Gasteiger partial charge in [0.15, 0.2) is 0 Å². The van der Waals surface area contributed by atoms with E-state index >= 15 is 0 Å². The third kappa shape index (κ3) is 20.4. The number of aliphatic hydroxyl groups is 2. The summed E-state index contributed by atoms with van der Waals surface area (Å²) in [4.78, 5) is 11.3. The zero-order valence-corrected chi connectivity index (χ0v) is 17.8. The molecule has 0 bridgehead atoms. The molecule has 0 atom stereocenters. The zero-order valence-electron chi connectivity index (χ0n) is 17.8. The molecule has 0 aromatic rings. The first kappa shape index (κ1) is 26.8. The minimum atomic E-state index is -0.871. The number of unbranched alkanes of at least 4 members (excludes halogenated alkanes) is 7. The number of allylic oxidation sites excluding steroid dienone is 11. The van der Waals surface area contributed by atoms with E-state index in [0.29, 0.717) is 0 Å². The number of esters is 1. The van der Waals surface area contributed by atoms with E-state index < -0.39 is 25.3 Å². The van der Waals surface area contributed by atoms with E-state index in [1.165, 1.54) is 57.1 Å². The lowest BCUT2D eigenvalue weighted by Gasteiger charge is -2.09. The van der Waals surface area contributed by atoms with Crippen molar-refractivity contribution < 1.29 is 19.7 Å². The van der Waals surface area contributed by atoms with Crippen LogP contribution in [-0.2, 0) is 9.53 Å². The summed E-state index contributed by atoms with van der Waals surface area (Å²) in [5.41, 5.74) is 0. The fourth-order valence-corrected chi connectivity index (χ4v) is 2.38. The minimum Gasteiger partial charge on any atom is -0.454 e. The molecule has 0 aromatic heterocycles. The van der Waals surface area contributed by atoms with Crippen molar-refractivity contribution in [2.24, 2.45) is 0 Å². The molecule has 0 amide bonds. The van der Waals surface area contributed by atoms with Crippen LogP contribution in [0.5, 0.6) is 0 Å². The summed E-state index contributed by atoms with van der Waals surface area (Å²) in [6.07, 6.45) is 31.9. The van der Waals surface area contributed by atoms with Crippen molar-refractivity contribution in [3.8, 4) is 0 Å². The van der Waals surface area contributed by atoms with Crippen LogP contribution in [0.4, 0.5) is 0 Å². The van der Waals surface area contributed by atoms with Crippen molar-refractivity contribution in [3.63, 3.8) is 0 Å². The van der Waals surface area contributed by atoms with Gasteiger partial charge < -0.3 is 14.9 Å². The van der Waals surface area contributed by atoms with Gasteiger partial charge in [0.1, 0.15) is 6.10 Å². The van der Waals surface area contributed by atoms with Gasteiger partial charge in [-0.3, -0.25) is 0 Å². The fraction of sp³-hybridized carbons (Fsp3) is 0.480. The normalized spacial score (nSPS) is 13.0. The lowest BCUT2D eigenvalue weighted by molar-refractivity contribution is -0.147. The smallest absolute Gasteiger partial charge is 0.331 e. The van der Waals surface area contributed by atoms with Gasteiger partial charge in [0.2, 0.25) is 0 Å². The summed E-state index contributed by atoms with van der Waals surface area (Å²) in [5, 5.41) is 17.6. The molecule has 0 aliphatic rings. The van der Waals surface area contributed by atoms with Gasteiger partial charge in [-0.25, -0.2) is 4.79 Å². The van der Waals surface area contributed by atoms with E-state index in [9.17, 15) is 4.79 Å². The second kappa shape index (κ2) is 22.1. The van der Waals surface area contributed by atoms with E-state index in [0.717, 1.165) is 6.42 Å². The maximum Gasteiger partial charge on any atom is 0.331 e. The molecule has 2 N–H and O–H groups in total. The Morgan fingerprint density at radius 2 is 1.21 bits per heavy atom. The summed E-state index contributed by atoms with van der Waals surface area (Å²) >= 11 is 0. The number of hydrogen-bond acceptors (Lipinski definition) is 4. The molecule has 0 aromatic carbocycles. The third-order valence-corrected chi connectivity index (χ3v) is 4.03. The second-order valence-electron chi connectivity index (χ2n) is 6.66. The predicted octanol–water partition coefficient (Wildman–Crippen LogP) is 5.36. The maximum atomic E-state index is 11.3. The monoisotopic (exact) mass is 402 g/mol. The Hall–Kier alpha value is -2.17. The average molecular weight is 403 g/mol. The quantitative estimate of drug-likeness (QED) is 0.149. The molecule has 162 valence electrons. The van der Waals surface area contributed by atoms with Crippen molar-refractivity contribution in [1.82, 2.24) is 0 Å². The van der Waals surface area contributed by atoms with Gasteiger partial charge in [-0.05, 0) is 12.8 Å². The van der Waals surface area contributed by atoms with Crippen LogP contribution in [0.15, 0.2) is 72.9 Å². The molecule has 4 nitrogen and oxygen atoms in total. The number of hydrogen-bond donors (Lipinski definition) is 2. The van der Waals surface area contributed by atoms with Crippen molar-refractivity contribution in [2.45, 2.75) is 64.4 Å². The van der Waals surface area contributed by atoms with Gasteiger partial charge in [-0.1, -0.05) is 112 Å². The first-order chi connectivity index (χ1) is 14.2. The zero-order chi connectivity index (χ0) is 21.4. The van der Waals surface area contributed by atoms with Crippen LogP contribution in [0.25, 0.3) is 0 Å². The third-order valence-electron chi connectivity index (χ3n) is 4.03. The Balaban J connectivity index is 3.77. The Labute approximate surface area is 176 Å². The van der Waals surface area contributed by atoms with Crippen LogP contribution in [0.3, 0.4) is 0 Å². The molecule has 0 spiro atoms. The van der Waals surface area contributed by atoms with E-state index in [4.69, 9.17) is 14.9 Å². The summed E-state index contributed by atoms with van der Waals surface area (Å²) < 4.78 is 4.78. The van der Waals surface area contributed by atoms with Gasteiger partial charge in [-0.2, -0.15) is 0 Å². The molecule has 0 aliphatic heterocycles. The van der Waals surface area contributed by atoms with Crippen LogP contribution in [0.1, 0.15) is 58.3 Å². The van der Waals surface area contributed by atoms with Gasteiger partial charge in [0, 0.05) is 6.08 Å². The van der Waals surface area contributed by atoms with Gasteiger partial charge in [0.25, 0.3) is 0 Å². The summed E-state index contributed by atoms with van der Waals surface area (Å²) in [6, 6.07) is 0. The van der Waals surface area contributed by atoms with Gasteiger partial charge in [0.05, 0.1) is 13.2 Å². The first-order valence-electron chi connectivity index (χ1n) is 10.7. The summed E-state index contributed by atoms with van der Waals surface area (Å²) in [5.74, 6) is -0.600. The SMILES string of the molecule is CCCCCCCCCC=CC=CC=CC=CC=CC=CC(=O)OC(CO)CO.